The summed E-state index contributed by atoms with van der Waals surface area (Å²) in [5.74, 6) is -1.01. The van der Waals surface area contributed by atoms with Crippen LogP contribution in [-0.4, -0.2) is 21.0 Å². The summed E-state index contributed by atoms with van der Waals surface area (Å²) in [5, 5.41) is 13.0. The standard InChI is InChI=1S/C15H13N3O2S/c1-8-3-4-11-13(5-8)21-15(17-11)18-12-6-9(2)16-7-10(12)14(19)20/h3-7H,1-2H3,(H,19,20)(H,16,17,18). The van der Waals surface area contributed by atoms with E-state index in [1.807, 2.05) is 26.0 Å². The first-order valence-corrected chi connectivity index (χ1v) is 7.19. The quantitative estimate of drug-likeness (QED) is 0.770. The van der Waals surface area contributed by atoms with E-state index in [1.54, 1.807) is 6.07 Å². The van der Waals surface area contributed by atoms with Gasteiger partial charge in [-0.25, -0.2) is 9.78 Å². The molecule has 2 heterocycles. The normalized spacial score (nSPS) is 10.8. The zero-order valence-corrected chi connectivity index (χ0v) is 12.4. The monoisotopic (exact) mass is 299 g/mol. The summed E-state index contributed by atoms with van der Waals surface area (Å²) in [7, 11) is 0. The van der Waals surface area contributed by atoms with E-state index in [2.05, 4.69) is 21.4 Å². The van der Waals surface area contributed by atoms with Crippen molar-refractivity contribution in [3.63, 3.8) is 0 Å². The van der Waals surface area contributed by atoms with Gasteiger partial charge in [-0.1, -0.05) is 17.4 Å². The summed E-state index contributed by atoms with van der Waals surface area (Å²) in [6, 6.07) is 7.74. The van der Waals surface area contributed by atoms with E-state index in [4.69, 9.17) is 0 Å². The highest BCUT2D eigenvalue weighted by atomic mass is 32.1. The third kappa shape index (κ3) is 2.71. The van der Waals surface area contributed by atoms with Gasteiger partial charge >= 0.3 is 5.97 Å². The molecule has 3 rings (SSSR count). The molecule has 0 bridgehead atoms. The van der Waals surface area contributed by atoms with Crippen molar-refractivity contribution in [2.45, 2.75) is 13.8 Å². The Labute approximate surface area is 125 Å². The number of carboxylic acid groups (broad SMARTS) is 1. The van der Waals surface area contributed by atoms with Crippen LogP contribution in [0.3, 0.4) is 0 Å². The summed E-state index contributed by atoms with van der Waals surface area (Å²) in [6.07, 6.45) is 1.36. The van der Waals surface area contributed by atoms with Crippen LogP contribution >= 0.6 is 11.3 Å². The molecule has 3 aromatic rings. The number of aryl methyl sites for hydroxylation is 2. The predicted molar refractivity (Wildman–Crippen MR) is 83.6 cm³/mol. The number of benzene rings is 1. The first kappa shape index (κ1) is 13.5. The second-order valence-corrected chi connectivity index (χ2v) is 5.82. The molecule has 0 aliphatic heterocycles. The highest BCUT2D eigenvalue weighted by Gasteiger charge is 2.13. The zero-order chi connectivity index (χ0) is 15.0. The third-order valence-electron chi connectivity index (χ3n) is 3.06. The second-order valence-electron chi connectivity index (χ2n) is 4.79. The van der Waals surface area contributed by atoms with Crippen molar-refractivity contribution < 1.29 is 9.90 Å². The number of carbonyl (C=O) groups is 1. The van der Waals surface area contributed by atoms with E-state index in [-0.39, 0.29) is 5.56 Å². The Morgan fingerprint density at radius 2 is 2.10 bits per heavy atom. The molecule has 106 valence electrons. The Morgan fingerprint density at radius 1 is 1.29 bits per heavy atom. The van der Waals surface area contributed by atoms with Gasteiger partial charge in [-0.3, -0.25) is 4.98 Å². The molecule has 0 spiro atoms. The molecule has 0 saturated heterocycles. The molecule has 21 heavy (non-hydrogen) atoms. The largest absolute Gasteiger partial charge is 0.478 e. The van der Waals surface area contributed by atoms with Crippen LogP contribution < -0.4 is 5.32 Å². The van der Waals surface area contributed by atoms with Crippen LogP contribution in [0.2, 0.25) is 0 Å². The molecular formula is C15H13N3O2S. The van der Waals surface area contributed by atoms with Crippen molar-refractivity contribution in [3.05, 3.63) is 47.3 Å². The number of carboxylic acids is 1. The Kier molecular flexibility index (Phi) is 3.31. The maximum absolute atomic E-state index is 11.2. The van der Waals surface area contributed by atoms with Gasteiger partial charge in [0.25, 0.3) is 0 Å². The number of anilines is 2. The number of nitrogens with one attached hydrogen (secondary N) is 1. The summed E-state index contributed by atoms with van der Waals surface area (Å²) in [6.45, 7) is 3.85. The molecule has 2 N–H and O–H groups in total. The molecule has 0 atom stereocenters. The lowest BCUT2D eigenvalue weighted by molar-refractivity contribution is 0.0697. The Hall–Kier alpha value is -2.47. The molecule has 0 unspecified atom stereocenters. The lowest BCUT2D eigenvalue weighted by atomic mass is 10.2. The lowest BCUT2D eigenvalue weighted by Crippen LogP contribution is -2.04. The van der Waals surface area contributed by atoms with Gasteiger partial charge in [-0.2, -0.15) is 0 Å². The maximum atomic E-state index is 11.2. The van der Waals surface area contributed by atoms with Gasteiger partial charge in [0, 0.05) is 11.9 Å². The molecule has 0 aliphatic carbocycles. The molecule has 0 radical (unpaired) electrons. The van der Waals surface area contributed by atoms with Crippen LogP contribution in [-0.2, 0) is 0 Å². The first-order valence-electron chi connectivity index (χ1n) is 6.37. The van der Waals surface area contributed by atoms with Gasteiger partial charge in [-0.05, 0) is 37.6 Å². The number of hydrogen-bond acceptors (Lipinski definition) is 5. The SMILES string of the molecule is Cc1ccc2nc(Nc3cc(C)ncc3C(=O)O)sc2c1. The molecule has 1 aromatic carbocycles. The van der Waals surface area contributed by atoms with Gasteiger partial charge in [0.05, 0.1) is 15.9 Å². The van der Waals surface area contributed by atoms with Gasteiger partial charge in [0.1, 0.15) is 5.56 Å². The van der Waals surface area contributed by atoms with E-state index in [0.29, 0.717) is 10.8 Å². The third-order valence-corrected chi connectivity index (χ3v) is 3.99. The molecule has 2 aromatic heterocycles. The average molecular weight is 299 g/mol. The van der Waals surface area contributed by atoms with Crippen LogP contribution in [0.1, 0.15) is 21.6 Å². The molecule has 0 fully saturated rings. The fourth-order valence-corrected chi connectivity index (χ4v) is 3.01. The fraction of sp³-hybridized carbons (Fsp3) is 0.133. The second kappa shape index (κ2) is 5.14. The van der Waals surface area contributed by atoms with Gasteiger partial charge in [0.2, 0.25) is 0 Å². The Bertz CT molecular complexity index is 842. The summed E-state index contributed by atoms with van der Waals surface area (Å²) in [4.78, 5) is 19.7. The molecule has 0 aliphatic rings. The van der Waals surface area contributed by atoms with Gasteiger partial charge in [0.15, 0.2) is 5.13 Å². The molecular weight excluding hydrogens is 286 g/mol. The van der Waals surface area contributed by atoms with Crippen molar-refractivity contribution >= 4 is 38.3 Å². The minimum Gasteiger partial charge on any atom is -0.478 e. The summed E-state index contributed by atoms with van der Waals surface area (Å²) in [5.41, 5.74) is 3.46. The molecule has 0 saturated carbocycles. The van der Waals surface area contributed by atoms with Crippen molar-refractivity contribution in [3.8, 4) is 0 Å². The number of nitrogens with zero attached hydrogens (tertiary/aromatic N) is 2. The average Bonchev–Trinajstić information content (AvgIpc) is 2.79. The minimum absolute atomic E-state index is 0.135. The van der Waals surface area contributed by atoms with Gasteiger partial charge < -0.3 is 10.4 Å². The van der Waals surface area contributed by atoms with E-state index in [9.17, 15) is 9.90 Å². The highest BCUT2D eigenvalue weighted by molar-refractivity contribution is 7.22. The van der Waals surface area contributed by atoms with Crippen LogP contribution in [0.25, 0.3) is 10.2 Å². The van der Waals surface area contributed by atoms with Crippen molar-refractivity contribution in [2.75, 3.05) is 5.32 Å². The van der Waals surface area contributed by atoms with Crippen molar-refractivity contribution in [1.29, 1.82) is 0 Å². The number of aromatic carboxylic acids is 1. The number of pyridine rings is 1. The van der Waals surface area contributed by atoms with E-state index >= 15 is 0 Å². The topological polar surface area (TPSA) is 75.1 Å². The van der Waals surface area contributed by atoms with E-state index in [0.717, 1.165) is 15.9 Å². The van der Waals surface area contributed by atoms with Gasteiger partial charge in [-0.15, -0.1) is 0 Å². The van der Waals surface area contributed by atoms with Crippen LogP contribution in [0.15, 0.2) is 30.5 Å². The van der Waals surface area contributed by atoms with E-state index in [1.165, 1.54) is 23.1 Å². The van der Waals surface area contributed by atoms with Crippen LogP contribution in [0.5, 0.6) is 0 Å². The predicted octanol–water partition coefficient (Wildman–Crippen LogP) is 3.75. The number of aromatic nitrogens is 2. The van der Waals surface area contributed by atoms with Crippen molar-refractivity contribution in [2.24, 2.45) is 0 Å². The molecule has 6 heteroatoms. The summed E-state index contributed by atoms with van der Waals surface area (Å²) >= 11 is 1.50. The summed E-state index contributed by atoms with van der Waals surface area (Å²) < 4.78 is 1.07. The lowest BCUT2D eigenvalue weighted by Gasteiger charge is -2.07. The van der Waals surface area contributed by atoms with E-state index < -0.39 is 5.97 Å². The minimum atomic E-state index is -1.01. The smallest absolute Gasteiger partial charge is 0.339 e. The maximum Gasteiger partial charge on any atom is 0.339 e. The fourth-order valence-electron chi connectivity index (χ4n) is 2.03. The highest BCUT2D eigenvalue weighted by Crippen LogP contribution is 2.30. The number of fused-ring (bicyclic) bond motifs is 1. The number of thiazole rings is 1. The zero-order valence-electron chi connectivity index (χ0n) is 11.5. The number of hydrogen-bond donors (Lipinski definition) is 2. The first-order chi connectivity index (χ1) is 10.0. The Balaban J connectivity index is 2.02. The molecule has 0 amide bonds. The molecule has 5 nitrogen and oxygen atoms in total. The Morgan fingerprint density at radius 3 is 2.86 bits per heavy atom. The van der Waals surface area contributed by atoms with Crippen molar-refractivity contribution in [1.82, 2.24) is 9.97 Å². The van der Waals surface area contributed by atoms with Crippen LogP contribution in [0, 0.1) is 13.8 Å². The van der Waals surface area contributed by atoms with Crippen LogP contribution in [0.4, 0.5) is 10.8 Å². The number of rotatable bonds is 3.